The smallest absolute Gasteiger partial charge is 0.416 e. The van der Waals surface area contributed by atoms with E-state index in [-0.39, 0.29) is 42.5 Å². The number of amides is 2. The van der Waals surface area contributed by atoms with Crippen molar-refractivity contribution in [1.82, 2.24) is 14.8 Å². The van der Waals surface area contributed by atoms with Crippen molar-refractivity contribution in [1.29, 1.82) is 0 Å². The Morgan fingerprint density at radius 2 is 1.74 bits per heavy atom. The van der Waals surface area contributed by atoms with E-state index in [0.717, 1.165) is 6.07 Å². The van der Waals surface area contributed by atoms with E-state index in [0.29, 0.717) is 68.0 Å². The molecule has 0 bridgehead atoms. The maximum atomic E-state index is 13.5. The number of piperidine rings is 1. The average Bonchev–Trinajstić information content (AvgIpc) is 2.91. The van der Waals surface area contributed by atoms with Crippen LogP contribution in [0.1, 0.15) is 87.0 Å². The summed E-state index contributed by atoms with van der Waals surface area (Å²) in [5.74, 6) is -0.471. The molecule has 0 saturated carbocycles. The van der Waals surface area contributed by atoms with Crippen molar-refractivity contribution in [3.8, 4) is 0 Å². The number of nitrogens with one attached hydrogen (secondary N) is 1. The van der Waals surface area contributed by atoms with E-state index in [9.17, 15) is 27.6 Å². The summed E-state index contributed by atoms with van der Waals surface area (Å²) in [6.07, 6.45) is -0.707. The lowest BCUT2D eigenvalue weighted by molar-refractivity contribution is -0.138. The van der Waals surface area contributed by atoms with Crippen LogP contribution in [0.15, 0.2) is 40.2 Å². The molecule has 12 heteroatoms. The van der Waals surface area contributed by atoms with Crippen LogP contribution in [0, 0.1) is 6.92 Å². The Labute approximate surface area is 255 Å². The molecule has 2 amide bonds. The van der Waals surface area contributed by atoms with Gasteiger partial charge in [-0.05, 0) is 70.6 Å². The molecular formula is C31H42F3N3O5S. The van der Waals surface area contributed by atoms with Gasteiger partial charge in [0.15, 0.2) is 0 Å². The van der Waals surface area contributed by atoms with E-state index in [1.54, 1.807) is 21.7 Å². The quantitative estimate of drug-likeness (QED) is 0.390. The predicted molar refractivity (Wildman–Crippen MR) is 161 cm³/mol. The van der Waals surface area contributed by atoms with E-state index in [1.807, 2.05) is 20.8 Å². The number of carbonyl (C=O) groups is 2. The van der Waals surface area contributed by atoms with Gasteiger partial charge in [0, 0.05) is 61.3 Å². The molecule has 0 atom stereocenters. The van der Waals surface area contributed by atoms with Gasteiger partial charge in [-0.3, -0.25) is 9.59 Å². The first-order valence-corrected chi connectivity index (χ1v) is 15.0. The van der Waals surface area contributed by atoms with Gasteiger partial charge >= 0.3 is 12.3 Å². The SMILES string of the molecule is C.Cc1c(CNC(=O)c2cn(C3CCOCC3)c(=O)cc2SC2CCN(C(=O)OC(C)(C)C)CC2)cccc1C(F)(F)F. The standard InChI is InChI=1S/C30H38F3N3O5S.CH4/c1-19-20(6-5-7-24(19)30(31,32)33)17-34-27(38)23-18-36(21-10-14-40-15-11-21)26(37)16-25(23)42-22-8-12-35(13-9-22)28(39)41-29(2,3)4;/h5-7,16,18,21-22H,8-15,17H2,1-4H3,(H,34,38);1H4. The van der Waals surface area contributed by atoms with Crippen LogP contribution >= 0.6 is 11.8 Å². The first-order chi connectivity index (χ1) is 19.7. The number of carbonyl (C=O) groups excluding carboxylic acids is 2. The molecule has 2 saturated heterocycles. The van der Waals surface area contributed by atoms with Crippen LogP contribution in [-0.2, 0) is 22.2 Å². The number of ether oxygens (including phenoxy) is 2. The number of hydrogen-bond acceptors (Lipinski definition) is 6. The lowest BCUT2D eigenvalue weighted by atomic mass is 10.0. The highest BCUT2D eigenvalue weighted by atomic mass is 32.2. The largest absolute Gasteiger partial charge is 0.444 e. The molecule has 8 nitrogen and oxygen atoms in total. The Kier molecular flexibility index (Phi) is 11.4. The summed E-state index contributed by atoms with van der Waals surface area (Å²) >= 11 is 1.42. The minimum atomic E-state index is -4.49. The van der Waals surface area contributed by atoms with Gasteiger partial charge in [-0.25, -0.2) is 4.79 Å². The van der Waals surface area contributed by atoms with Crippen molar-refractivity contribution in [3.05, 3.63) is 63.1 Å². The zero-order chi connectivity index (χ0) is 30.7. The Balaban J connectivity index is 0.00000506. The second-order valence-corrected chi connectivity index (χ2v) is 13.0. The molecule has 1 aromatic carbocycles. The summed E-state index contributed by atoms with van der Waals surface area (Å²) in [6, 6.07) is 5.27. The van der Waals surface area contributed by atoms with Crippen molar-refractivity contribution >= 4 is 23.8 Å². The number of likely N-dealkylation sites (tertiary alicyclic amines) is 1. The van der Waals surface area contributed by atoms with Crippen molar-refractivity contribution in [2.24, 2.45) is 0 Å². The van der Waals surface area contributed by atoms with Crippen LogP contribution in [0.2, 0.25) is 0 Å². The van der Waals surface area contributed by atoms with Gasteiger partial charge in [0.1, 0.15) is 5.60 Å². The van der Waals surface area contributed by atoms with Gasteiger partial charge in [-0.15, -0.1) is 11.8 Å². The Bertz CT molecular complexity index is 1340. The first kappa shape index (κ1) is 34.5. The monoisotopic (exact) mass is 625 g/mol. The Hall–Kier alpha value is -2.99. The van der Waals surface area contributed by atoms with E-state index in [4.69, 9.17) is 9.47 Å². The van der Waals surface area contributed by atoms with Crippen LogP contribution in [0.3, 0.4) is 0 Å². The van der Waals surface area contributed by atoms with Crippen LogP contribution in [0.25, 0.3) is 0 Å². The number of hydrogen-bond donors (Lipinski definition) is 1. The molecule has 1 N–H and O–H groups in total. The molecule has 2 aliphatic rings. The van der Waals surface area contributed by atoms with Crippen molar-refractivity contribution in [2.75, 3.05) is 26.3 Å². The molecule has 0 radical (unpaired) electrons. The maximum absolute atomic E-state index is 13.5. The van der Waals surface area contributed by atoms with E-state index >= 15 is 0 Å². The molecule has 0 spiro atoms. The number of alkyl halides is 3. The van der Waals surface area contributed by atoms with Crippen LogP contribution < -0.4 is 10.9 Å². The Morgan fingerprint density at radius 1 is 1.09 bits per heavy atom. The van der Waals surface area contributed by atoms with Gasteiger partial charge in [-0.1, -0.05) is 19.6 Å². The minimum Gasteiger partial charge on any atom is -0.444 e. The van der Waals surface area contributed by atoms with E-state index in [2.05, 4.69) is 5.32 Å². The lowest BCUT2D eigenvalue weighted by Crippen LogP contribution is -2.42. The number of benzene rings is 1. The molecular weight excluding hydrogens is 583 g/mol. The molecule has 2 aliphatic heterocycles. The predicted octanol–water partition coefficient (Wildman–Crippen LogP) is 6.58. The molecule has 238 valence electrons. The second-order valence-electron chi connectivity index (χ2n) is 11.7. The summed E-state index contributed by atoms with van der Waals surface area (Å²) in [4.78, 5) is 41.4. The molecule has 2 aromatic rings. The number of rotatable bonds is 6. The Morgan fingerprint density at radius 3 is 2.35 bits per heavy atom. The number of nitrogens with zero attached hydrogens (tertiary/aromatic N) is 2. The lowest BCUT2D eigenvalue weighted by Gasteiger charge is -2.33. The van der Waals surface area contributed by atoms with Crippen molar-refractivity contribution in [2.45, 2.75) is 95.3 Å². The highest BCUT2D eigenvalue weighted by Gasteiger charge is 2.33. The fraction of sp³-hybridized carbons (Fsp3) is 0.581. The normalized spacial score (nSPS) is 16.9. The third-order valence-electron chi connectivity index (χ3n) is 7.45. The molecule has 2 fully saturated rings. The average molecular weight is 626 g/mol. The highest BCUT2D eigenvalue weighted by Crippen LogP contribution is 2.34. The summed E-state index contributed by atoms with van der Waals surface area (Å²) in [6.45, 7) is 8.75. The van der Waals surface area contributed by atoms with Crippen molar-refractivity contribution < 1.29 is 32.2 Å². The van der Waals surface area contributed by atoms with Gasteiger partial charge in [0.25, 0.3) is 11.5 Å². The van der Waals surface area contributed by atoms with Crippen LogP contribution in [0.5, 0.6) is 0 Å². The second kappa shape index (κ2) is 14.2. The topological polar surface area (TPSA) is 89.9 Å². The van der Waals surface area contributed by atoms with Gasteiger partial charge in [0.2, 0.25) is 0 Å². The van der Waals surface area contributed by atoms with Crippen LogP contribution in [0.4, 0.5) is 18.0 Å². The number of aromatic nitrogens is 1. The molecule has 0 unspecified atom stereocenters. The molecule has 1 aromatic heterocycles. The summed E-state index contributed by atoms with van der Waals surface area (Å²) in [7, 11) is 0. The zero-order valence-corrected chi connectivity index (χ0v) is 25.2. The molecule has 4 rings (SSSR count). The highest BCUT2D eigenvalue weighted by molar-refractivity contribution is 8.00. The zero-order valence-electron chi connectivity index (χ0n) is 24.4. The van der Waals surface area contributed by atoms with Gasteiger partial charge in [0.05, 0.1) is 11.1 Å². The van der Waals surface area contributed by atoms with E-state index < -0.39 is 23.2 Å². The summed E-state index contributed by atoms with van der Waals surface area (Å²) < 4.78 is 52.7. The van der Waals surface area contributed by atoms with E-state index in [1.165, 1.54) is 30.8 Å². The van der Waals surface area contributed by atoms with Gasteiger partial charge < -0.3 is 24.3 Å². The fourth-order valence-electron chi connectivity index (χ4n) is 5.16. The number of thioether (sulfide) groups is 1. The van der Waals surface area contributed by atoms with Crippen molar-refractivity contribution in [3.63, 3.8) is 0 Å². The minimum absolute atomic E-state index is 0. The number of pyridine rings is 1. The summed E-state index contributed by atoms with van der Waals surface area (Å²) in [5.41, 5.74) is -0.836. The molecule has 3 heterocycles. The number of halogens is 3. The molecule has 0 aliphatic carbocycles. The summed E-state index contributed by atoms with van der Waals surface area (Å²) in [5, 5.41) is 2.83. The third kappa shape index (κ3) is 9.01. The molecule has 43 heavy (non-hydrogen) atoms. The van der Waals surface area contributed by atoms with Crippen LogP contribution in [-0.4, -0.2) is 58.6 Å². The fourth-order valence-corrected chi connectivity index (χ4v) is 6.41. The maximum Gasteiger partial charge on any atom is 0.416 e. The van der Waals surface area contributed by atoms with Gasteiger partial charge in [-0.2, -0.15) is 13.2 Å². The first-order valence-electron chi connectivity index (χ1n) is 14.2. The third-order valence-corrected chi connectivity index (χ3v) is 8.85.